The van der Waals surface area contributed by atoms with Gasteiger partial charge in [0.05, 0.1) is 12.1 Å². The molecule has 2 amide bonds. The van der Waals surface area contributed by atoms with Crippen LogP contribution in [0.5, 0.6) is 0 Å². The van der Waals surface area contributed by atoms with Crippen LogP contribution >= 0.6 is 0 Å². The van der Waals surface area contributed by atoms with Crippen molar-refractivity contribution in [2.24, 2.45) is 0 Å². The van der Waals surface area contributed by atoms with E-state index in [-0.39, 0.29) is 17.7 Å². The summed E-state index contributed by atoms with van der Waals surface area (Å²) in [5.41, 5.74) is 3.92. The van der Waals surface area contributed by atoms with Crippen molar-refractivity contribution in [1.29, 1.82) is 0 Å². The van der Waals surface area contributed by atoms with Gasteiger partial charge in [-0.3, -0.25) is 9.59 Å². The molecule has 0 aliphatic carbocycles. The zero-order valence-corrected chi connectivity index (χ0v) is 21.0. The maximum Gasteiger partial charge on any atom is 0.257 e. The molecule has 2 N–H and O–H groups in total. The van der Waals surface area contributed by atoms with Crippen molar-refractivity contribution in [3.63, 3.8) is 0 Å². The van der Waals surface area contributed by atoms with Crippen LogP contribution in [-0.4, -0.2) is 24.9 Å². The summed E-state index contributed by atoms with van der Waals surface area (Å²) in [6, 6.07) is 26.9. The molecule has 0 radical (unpaired) electrons. The molecule has 2 atom stereocenters. The molecule has 0 aromatic heterocycles. The number of amides is 2. The Hall–Kier alpha value is -3.86. The van der Waals surface area contributed by atoms with Gasteiger partial charge >= 0.3 is 0 Å². The average Bonchev–Trinajstić information content (AvgIpc) is 2.89. The molecule has 35 heavy (non-hydrogen) atoms. The highest BCUT2D eigenvalue weighted by Crippen LogP contribution is 2.19. The van der Waals surface area contributed by atoms with Gasteiger partial charge in [-0.05, 0) is 62.6 Å². The van der Waals surface area contributed by atoms with Crippen LogP contribution in [0.2, 0.25) is 0 Å². The second kappa shape index (κ2) is 12.6. The molecule has 0 spiro atoms. The predicted molar refractivity (Wildman–Crippen MR) is 144 cm³/mol. The van der Waals surface area contributed by atoms with Gasteiger partial charge < -0.3 is 15.5 Å². The molecule has 0 bridgehead atoms. The van der Waals surface area contributed by atoms with Crippen LogP contribution in [0, 0.1) is 0 Å². The van der Waals surface area contributed by atoms with Gasteiger partial charge in [-0.2, -0.15) is 0 Å². The van der Waals surface area contributed by atoms with E-state index in [4.69, 9.17) is 0 Å². The third kappa shape index (κ3) is 7.06. The number of hydrogen-bond acceptors (Lipinski definition) is 3. The summed E-state index contributed by atoms with van der Waals surface area (Å²) in [5, 5.41) is 5.96. The van der Waals surface area contributed by atoms with E-state index in [9.17, 15) is 9.59 Å². The zero-order chi connectivity index (χ0) is 25.2. The van der Waals surface area contributed by atoms with Crippen molar-refractivity contribution in [3.8, 4) is 0 Å². The maximum absolute atomic E-state index is 13.3. The lowest BCUT2D eigenvalue weighted by Gasteiger charge is -2.21. The second-order valence-corrected chi connectivity index (χ2v) is 8.53. The van der Waals surface area contributed by atoms with Gasteiger partial charge in [0.1, 0.15) is 5.57 Å². The largest absolute Gasteiger partial charge is 0.372 e. The number of nitrogens with zero attached hydrogens (tertiary/aromatic N) is 1. The van der Waals surface area contributed by atoms with Gasteiger partial charge in [0, 0.05) is 18.8 Å². The van der Waals surface area contributed by atoms with E-state index in [2.05, 4.69) is 29.4 Å². The van der Waals surface area contributed by atoms with Crippen molar-refractivity contribution < 1.29 is 9.59 Å². The van der Waals surface area contributed by atoms with Crippen molar-refractivity contribution in [2.75, 3.05) is 18.0 Å². The smallest absolute Gasteiger partial charge is 0.257 e. The second-order valence-electron chi connectivity index (χ2n) is 8.53. The van der Waals surface area contributed by atoms with Crippen LogP contribution in [0.3, 0.4) is 0 Å². The quantitative estimate of drug-likeness (QED) is 0.228. The van der Waals surface area contributed by atoms with Gasteiger partial charge in [-0.1, -0.05) is 72.8 Å². The Morgan fingerprint density at radius 1 is 0.714 bits per heavy atom. The van der Waals surface area contributed by atoms with Crippen LogP contribution in [0.15, 0.2) is 90.5 Å². The van der Waals surface area contributed by atoms with Gasteiger partial charge in [0.15, 0.2) is 0 Å². The first-order valence-corrected chi connectivity index (χ1v) is 12.2. The first kappa shape index (κ1) is 25.8. The van der Waals surface area contributed by atoms with E-state index in [1.165, 1.54) is 0 Å². The van der Waals surface area contributed by atoms with Crippen LogP contribution in [0.25, 0.3) is 6.08 Å². The van der Waals surface area contributed by atoms with Crippen LogP contribution in [-0.2, 0) is 9.59 Å². The summed E-state index contributed by atoms with van der Waals surface area (Å²) in [5.74, 6) is -0.820. The first-order valence-electron chi connectivity index (χ1n) is 12.2. The van der Waals surface area contributed by atoms with Crippen molar-refractivity contribution in [3.05, 3.63) is 107 Å². The Morgan fingerprint density at radius 3 is 1.54 bits per heavy atom. The highest BCUT2D eigenvalue weighted by atomic mass is 16.2. The van der Waals surface area contributed by atoms with Crippen molar-refractivity contribution in [2.45, 2.75) is 39.8 Å². The first-order chi connectivity index (χ1) is 16.9. The lowest BCUT2D eigenvalue weighted by atomic mass is 10.0. The van der Waals surface area contributed by atoms with E-state index >= 15 is 0 Å². The fourth-order valence-electron chi connectivity index (χ4n) is 3.97. The summed E-state index contributed by atoms with van der Waals surface area (Å²) in [7, 11) is 0. The molecular formula is C30H35N3O2. The molecule has 0 aliphatic rings. The van der Waals surface area contributed by atoms with E-state index in [1.54, 1.807) is 6.08 Å². The molecule has 3 aromatic carbocycles. The van der Waals surface area contributed by atoms with Gasteiger partial charge in [0.25, 0.3) is 11.8 Å². The highest BCUT2D eigenvalue weighted by Gasteiger charge is 2.22. The van der Waals surface area contributed by atoms with E-state index in [0.717, 1.165) is 35.5 Å². The molecule has 5 nitrogen and oxygen atoms in total. The maximum atomic E-state index is 13.3. The molecular weight excluding hydrogens is 434 g/mol. The molecule has 0 fully saturated rings. The molecule has 0 saturated carbocycles. The summed E-state index contributed by atoms with van der Waals surface area (Å²) in [6.07, 6.45) is 1.66. The van der Waals surface area contributed by atoms with E-state index < -0.39 is 11.8 Å². The van der Waals surface area contributed by atoms with Crippen molar-refractivity contribution >= 4 is 23.6 Å². The minimum Gasteiger partial charge on any atom is -0.372 e. The standard InChI is InChI=1S/C30H35N3O2/c1-5-33(6-2)27-19-17-24(18-20-27)21-28(29(34)31-22(3)25-13-9-7-10-14-25)30(35)32-23(4)26-15-11-8-12-16-26/h7-23H,5-6H2,1-4H3,(H,31,34)(H,32,35). The molecule has 0 heterocycles. The third-order valence-electron chi connectivity index (χ3n) is 6.12. The highest BCUT2D eigenvalue weighted by molar-refractivity contribution is 6.21. The molecule has 182 valence electrons. The Kier molecular flexibility index (Phi) is 9.24. The number of carbonyl (C=O) groups excluding carboxylic acids is 2. The van der Waals surface area contributed by atoms with Crippen molar-refractivity contribution in [1.82, 2.24) is 10.6 Å². The van der Waals surface area contributed by atoms with Crippen LogP contribution in [0.1, 0.15) is 56.5 Å². The number of carbonyl (C=O) groups is 2. The molecule has 3 rings (SSSR count). The SMILES string of the molecule is CCN(CC)c1ccc(C=C(C(=O)NC(C)c2ccccc2)C(=O)NC(C)c2ccccc2)cc1. The number of hydrogen-bond donors (Lipinski definition) is 2. The molecule has 0 saturated heterocycles. The number of anilines is 1. The number of nitrogens with one attached hydrogen (secondary N) is 2. The normalized spacial score (nSPS) is 12.2. The Balaban J connectivity index is 1.86. The number of benzene rings is 3. The van der Waals surface area contributed by atoms with Gasteiger partial charge in [-0.15, -0.1) is 0 Å². The Labute approximate surface area is 208 Å². The summed E-state index contributed by atoms with van der Waals surface area (Å²) in [6.45, 7) is 9.88. The van der Waals surface area contributed by atoms with Gasteiger partial charge in [-0.25, -0.2) is 0 Å². The molecule has 2 unspecified atom stereocenters. The van der Waals surface area contributed by atoms with E-state index in [1.807, 2.05) is 98.8 Å². The Bertz CT molecular complexity index is 1060. The third-order valence-corrected chi connectivity index (χ3v) is 6.12. The zero-order valence-electron chi connectivity index (χ0n) is 21.0. The minimum atomic E-state index is -0.410. The summed E-state index contributed by atoms with van der Waals surface area (Å²) in [4.78, 5) is 28.9. The molecule has 0 aliphatic heterocycles. The molecule has 3 aromatic rings. The monoisotopic (exact) mass is 469 g/mol. The van der Waals surface area contributed by atoms with Gasteiger partial charge in [0.2, 0.25) is 0 Å². The lowest BCUT2D eigenvalue weighted by Crippen LogP contribution is -2.36. The summed E-state index contributed by atoms with van der Waals surface area (Å²) >= 11 is 0. The van der Waals surface area contributed by atoms with Crippen LogP contribution in [0.4, 0.5) is 5.69 Å². The fourth-order valence-corrected chi connectivity index (χ4v) is 3.97. The topological polar surface area (TPSA) is 61.4 Å². The summed E-state index contributed by atoms with van der Waals surface area (Å²) < 4.78 is 0. The molecule has 5 heteroatoms. The van der Waals surface area contributed by atoms with Crippen LogP contribution < -0.4 is 15.5 Å². The fraction of sp³-hybridized carbons (Fsp3) is 0.267. The Morgan fingerprint density at radius 2 is 1.14 bits per heavy atom. The minimum absolute atomic E-state index is 0.0751. The average molecular weight is 470 g/mol. The predicted octanol–water partition coefficient (Wildman–Crippen LogP) is 5.67. The lowest BCUT2D eigenvalue weighted by molar-refractivity contribution is -0.124. The number of rotatable bonds is 10. The van der Waals surface area contributed by atoms with E-state index in [0.29, 0.717) is 0 Å².